The highest BCUT2D eigenvalue weighted by Gasteiger charge is 2.35. The number of nitrogens with one attached hydrogen (secondary N) is 1. The number of fused-ring (bicyclic) bond motifs is 1. The van der Waals surface area contributed by atoms with Gasteiger partial charge in [-0.15, -0.1) is 0 Å². The first kappa shape index (κ1) is 13.6. The van der Waals surface area contributed by atoms with Crippen molar-refractivity contribution in [3.8, 4) is 0 Å². The minimum absolute atomic E-state index is 0.482. The normalized spacial score (nSPS) is 22.8. The van der Waals surface area contributed by atoms with E-state index in [9.17, 15) is 0 Å². The Morgan fingerprint density at radius 3 is 2.67 bits per heavy atom. The molecule has 2 unspecified atom stereocenters. The van der Waals surface area contributed by atoms with Crippen LogP contribution in [-0.2, 0) is 6.42 Å². The molecule has 100 valence electrons. The van der Waals surface area contributed by atoms with Crippen LogP contribution in [-0.4, -0.2) is 30.6 Å². The standard InChI is InChI=1S/C16H26N2/c1-5-10-18(12(2)3)15-11-13-8-6-7-9-14(13)16(15)17-4/h6-9,12,15-17H,5,10-11H2,1-4H3. The van der Waals surface area contributed by atoms with Crippen LogP contribution in [0.5, 0.6) is 0 Å². The van der Waals surface area contributed by atoms with Gasteiger partial charge in [-0.2, -0.15) is 0 Å². The second-order valence-corrected chi connectivity index (χ2v) is 5.57. The lowest BCUT2D eigenvalue weighted by Crippen LogP contribution is -2.46. The Bertz CT molecular complexity index is 386. The summed E-state index contributed by atoms with van der Waals surface area (Å²) in [5.74, 6) is 0. The molecule has 0 amide bonds. The van der Waals surface area contributed by atoms with Crippen LogP contribution in [0.25, 0.3) is 0 Å². The van der Waals surface area contributed by atoms with Crippen LogP contribution in [0, 0.1) is 0 Å². The predicted molar refractivity (Wildman–Crippen MR) is 77.9 cm³/mol. The first-order chi connectivity index (χ1) is 8.69. The van der Waals surface area contributed by atoms with Crippen LogP contribution in [0.2, 0.25) is 0 Å². The van der Waals surface area contributed by atoms with Crippen LogP contribution in [0.3, 0.4) is 0 Å². The number of hydrogen-bond donors (Lipinski definition) is 1. The van der Waals surface area contributed by atoms with Crippen molar-refractivity contribution in [2.75, 3.05) is 13.6 Å². The summed E-state index contributed by atoms with van der Waals surface area (Å²) in [6.45, 7) is 8.08. The molecule has 2 heteroatoms. The summed E-state index contributed by atoms with van der Waals surface area (Å²) in [4.78, 5) is 2.65. The molecule has 0 heterocycles. The monoisotopic (exact) mass is 246 g/mol. The van der Waals surface area contributed by atoms with Gasteiger partial charge in [0.05, 0.1) is 0 Å². The lowest BCUT2D eigenvalue weighted by Gasteiger charge is -2.36. The number of hydrogen-bond acceptors (Lipinski definition) is 2. The van der Waals surface area contributed by atoms with Crippen LogP contribution >= 0.6 is 0 Å². The summed E-state index contributed by atoms with van der Waals surface area (Å²) in [7, 11) is 2.09. The van der Waals surface area contributed by atoms with Gasteiger partial charge in [-0.3, -0.25) is 4.90 Å². The molecule has 0 spiro atoms. The van der Waals surface area contributed by atoms with Crippen molar-refractivity contribution in [2.24, 2.45) is 0 Å². The molecule has 0 saturated carbocycles. The summed E-state index contributed by atoms with van der Waals surface area (Å²) >= 11 is 0. The van der Waals surface area contributed by atoms with E-state index < -0.39 is 0 Å². The Morgan fingerprint density at radius 2 is 2.06 bits per heavy atom. The fourth-order valence-corrected chi connectivity index (χ4v) is 3.30. The van der Waals surface area contributed by atoms with E-state index in [4.69, 9.17) is 0 Å². The van der Waals surface area contributed by atoms with Crippen molar-refractivity contribution in [2.45, 2.75) is 51.7 Å². The average Bonchev–Trinajstić information content (AvgIpc) is 2.73. The van der Waals surface area contributed by atoms with E-state index in [1.807, 2.05) is 0 Å². The molecular weight excluding hydrogens is 220 g/mol. The Morgan fingerprint density at radius 1 is 1.33 bits per heavy atom. The van der Waals surface area contributed by atoms with Crippen molar-refractivity contribution < 1.29 is 0 Å². The van der Waals surface area contributed by atoms with E-state index in [2.05, 4.69) is 62.3 Å². The second kappa shape index (κ2) is 5.85. The van der Waals surface area contributed by atoms with Gasteiger partial charge >= 0.3 is 0 Å². The van der Waals surface area contributed by atoms with Gasteiger partial charge in [0.15, 0.2) is 0 Å². The summed E-state index contributed by atoms with van der Waals surface area (Å²) in [6, 6.07) is 10.6. The molecule has 0 saturated heterocycles. The number of benzene rings is 1. The largest absolute Gasteiger partial charge is 0.312 e. The lowest BCUT2D eigenvalue weighted by molar-refractivity contribution is 0.131. The maximum atomic E-state index is 3.52. The molecule has 0 radical (unpaired) electrons. The molecule has 2 nitrogen and oxygen atoms in total. The van der Waals surface area contributed by atoms with E-state index in [1.165, 1.54) is 30.5 Å². The lowest BCUT2D eigenvalue weighted by atomic mass is 10.0. The zero-order chi connectivity index (χ0) is 13.1. The predicted octanol–water partition coefficient (Wildman–Crippen LogP) is 2.99. The van der Waals surface area contributed by atoms with Gasteiger partial charge in [0.25, 0.3) is 0 Å². The van der Waals surface area contributed by atoms with Crippen molar-refractivity contribution in [3.63, 3.8) is 0 Å². The smallest absolute Gasteiger partial charge is 0.0481 e. The van der Waals surface area contributed by atoms with Gasteiger partial charge < -0.3 is 5.32 Å². The maximum Gasteiger partial charge on any atom is 0.0481 e. The van der Waals surface area contributed by atoms with Crippen LogP contribution in [0.15, 0.2) is 24.3 Å². The Labute approximate surface area is 111 Å². The van der Waals surface area contributed by atoms with Gasteiger partial charge in [0.1, 0.15) is 0 Å². The number of rotatable bonds is 5. The summed E-state index contributed by atoms with van der Waals surface area (Å²) in [6.07, 6.45) is 2.40. The molecule has 1 aliphatic rings. The molecule has 0 fully saturated rings. The first-order valence-corrected chi connectivity index (χ1v) is 7.19. The Kier molecular flexibility index (Phi) is 4.41. The molecule has 1 N–H and O–H groups in total. The molecule has 1 aromatic rings. The molecule has 1 aliphatic carbocycles. The van der Waals surface area contributed by atoms with Crippen molar-refractivity contribution in [3.05, 3.63) is 35.4 Å². The summed E-state index contributed by atoms with van der Waals surface area (Å²) in [5, 5.41) is 3.52. The van der Waals surface area contributed by atoms with E-state index in [-0.39, 0.29) is 0 Å². The fourth-order valence-electron chi connectivity index (χ4n) is 3.30. The topological polar surface area (TPSA) is 15.3 Å². The van der Waals surface area contributed by atoms with Crippen LogP contribution in [0.1, 0.15) is 44.4 Å². The summed E-state index contributed by atoms with van der Waals surface area (Å²) in [5.41, 5.74) is 3.01. The van der Waals surface area contributed by atoms with E-state index in [1.54, 1.807) is 0 Å². The highest BCUT2D eigenvalue weighted by Crippen LogP contribution is 2.35. The zero-order valence-corrected chi connectivity index (χ0v) is 12.1. The van der Waals surface area contributed by atoms with Crippen molar-refractivity contribution in [1.82, 2.24) is 10.2 Å². The number of likely N-dealkylation sites (N-methyl/N-ethyl adjacent to an activating group) is 1. The number of nitrogens with zero attached hydrogens (tertiary/aromatic N) is 1. The van der Waals surface area contributed by atoms with Gasteiger partial charge in [0.2, 0.25) is 0 Å². The van der Waals surface area contributed by atoms with Crippen molar-refractivity contribution >= 4 is 0 Å². The minimum atomic E-state index is 0.482. The van der Waals surface area contributed by atoms with Gasteiger partial charge in [-0.1, -0.05) is 31.2 Å². The van der Waals surface area contributed by atoms with Crippen molar-refractivity contribution in [1.29, 1.82) is 0 Å². The molecule has 2 rings (SSSR count). The summed E-state index contributed by atoms with van der Waals surface area (Å²) < 4.78 is 0. The molecule has 18 heavy (non-hydrogen) atoms. The third kappa shape index (κ3) is 2.45. The van der Waals surface area contributed by atoms with Gasteiger partial charge in [-0.05, 0) is 51.4 Å². The molecule has 0 aliphatic heterocycles. The first-order valence-electron chi connectivity index (χ1n) is 7.19. The maximum absolute atomic E-state index is 3.52. The molecule has 0 aromatic heterocycles. The minimum Gasteiger partial charge on any atom is -0.312 e. The third-order valence-corrected chi connectivity index (χ3v) is 4.09. The van der Waals surface area contributed by atoms with Gasteiger partial charge in [0, 0.05) is 18.1 Å². The average molecular weight is 246 g/mol. The molecule has 0 bridgehead atoms. The third-order valence-electron chi connectivity index (χ3n) is 4.09. The molecular formula is C16H26N2. The van der Waals surface area contributed by atoms with Crippen LogP contribution < -0.4 is 5.32 Å². The second-order valence-electron chi connectivity index (χ2n) is 5.57. The Hall–Kier alpha value is -0.860. The molecule has 2 atom stereocenters. The fraction of sp³-hybridized carbons (Fsp3) is 0.625. The molecule has 1 aromatic carbocycles. The zero-order valence-electron chi connectivity index (χ0n) is 12.1. The van der Waals surface area contributed by atoms with Crippen LogP contribution in [0.4, 0.5) is 0 Å². The Balaban J connectivity index is 2.25. The van der Waals surface area contributed by atoms with E-state index >= 15 is 0 Å². The highest BCUT2D eigenvalue weighted by atomic mass is 15.2. The highest BCUT2D eigenvalue weighted by molar-refractivity contribution is 5.37. The quantitative estimate of drug-likeness (QED) is 0.859. The van der Waals surface area contributed by atoms with Gasteiger partial charge in [-0.25, -0.2) is 0 Å². The van der Waals surface area contributed by atoms with E-state index in [0.29, 0.717) is 18.1 Å². The SMILES string of the molecule is CCCN(C(C)C)C1Cc2ccccc2C1NC. The van der Waals surface area contributed by atoms with E-state index in [0.717, 1.165) is 0 Å².